The number of ether oxygens (including phenoxy) is 1. The first-order valence-electron chi connectivity index (χ1n) is 7.76. The maximum atomic E-state index is 12.9. The van der Waals surface area contributed by atoms with Crippen LogP contribution in [0.25, 0.3) is 0 Å². The van der Waals surface area contributed by atoms with E-state index in [1.165, 1.54) is 12.1 Å². The molecule has 0 aliphatic carbocycles. The molecule has 23 heavy (non-hydrogen) atoms. The first-order chi connectivity index (χ1) is 10.9. The van der Waals surface area contributed by atoms with Crippen molar-refractivity contribution in [2.45, 2.75) is 32.1 Å². The fraction of sp³-hybridized carbons (Fsp3) is 0.529. The molecule has 1 aromatic carbocycles. The number of carbonyl (C=O) groups is 2. The zero-order chi connectivity index (χ0) is 16.9. The maximum Gasteiger partial charge on any atom is 0.311 e. The molecule has 1 aliphatic rings. The molecule has 1 atom stereocenters. The van der Waals surface area contributed by atoms with Crippen LogP contribution in [-0.2, 0) is 14.3 Å². The Hall–Kier alpha value is -1.95. The lowest BCUT2D eigenvalue weighted by Crippen LogP contribution is -2.46. The molecule has 6 heteroatoms. The number of halogens is 1. The Morgan fingerprint density at radius 3 is 2.48 bits per heavy atom. The van der Waals surface area contributed by atoms with Crippen molar-refractivity contribution < 1.29 is 23.8 Å². The van der Waals surface area contributed by atoms with Gasteiger partial charge in [-0.3, -0.25) is 9.59 Å². The van der Waals surface area contributed by atoms with E-state index in [-0.39, 0.29) is 30.6 Å². The zero-order valence-corrected chi connectivity index (χ0v) is 13.2. The fourth-order valence-electron chi connectivity index (χ4n) is 2.76. The summed E-state index contributed by atoms with van der Waals surface area (Å²) in [4.78, 5) is 23.6. The normalized spacial score (nSPS) is 18.2. The van der Waals surface area contributed by atoms with Crippen molar-refractivity contribution in [2.24, 2.45) is 5.41 Å². The van der Waals surface area contributed by atoms with E-state index in [1.54, 1.807) is 12.1 Å². The molecule has 1 fully saturated rings. The lowest BCUT2D eigenvalue weighted by Gasteiger charge is -2.33. The minimum absolute atomic E-state index is 0.0638. The summed E-state index contributed by atoms with van der Waals surface area (Å²) in [6, 6.07) is 6.05. The lowest BCUT2D eigenvalue weighted by molar-refractivity contribution is -0.154. The van der Waals surface area contributed by atoms with Crippen molar-refractivity contribution >= 4 is 11.9 Å². The summed E-state index contributed by atoms with van der Waals surface area (Å²) in [5.41, 5.74) is -0.0620. The molecule has 126 valence electrons. The number of carboxylic acid groups (broad SMARTS) is 1. The summed E-state index contributed by atoms with van der Waals surface area (Å²) < 4.78 is 18.1. The van der Waals surface area contributed by atoms with Gasteiger partial charge in [0, 0.05) is 26.2 Å². The number of hydrogen-bond donors (Lipinski definition) is 2. The van der Waals surface area contributed by atoms with Gasteiger partial charge in [-0.25, -0.2) is 4.39 Å². The van der Waals surface area contributed by atoms with Crippen LogP contribution >= 0.6 is 0 Å². The molecule has 0 spiro atoms. The van der Waals surface area contributed by atoms with E-state index in [4.69, 9.17) is 4.74 Å². The van der Waals surface area contributed by atoms with Gasteiger partial charge < -0.3 is 15.2 Å². The fourth-order valence-corrected chi connectivity index (χ4v) is 2.76. The third-order valence-corrected chi connectivity index (χ3v) is 4.46. The SMILES string of the molecule is CC(CC(=O)NCC1(C(=O)O)CCOCC1)c1ccc(F)cc1. The first-order valence-corrected chi connectivity index (χ1v) is 7.76. The van der Waals surface area contributed by atoms with Crippen molar-refractivity contribution in [3.8, 4) is 0 Å². The molecule has 0 radical (unpaired) electrons. The predicted octanol–water partition coefficient (Wildman–Crippen LogP) is 2.32. The lowest BCUT2D eigenvalue weighted by atomic mass is 9.80. The summed E-state index contributed by atoms with van der Waals surface area (Å²) in [6.45, 7) is 2.79. The molecule has 0 saturated carbocycles. The summed E-state index contributed by atoms with van der Waals surface area (Å²) >= 11 is 0. The first kappa shape index (κ1) is 17.4. The van der Waals surface area contributed by atoms with Crippen LogP contribution in [0.4, 0.5) is 4.39 Å². The van der Waals surface area contributed by atoms with Gasteiger partial charge in [0.2, 0.25) is 5.91 Å². The summed E-state index contributed by atoms with van der Waals surface area (Å²) in [5.74, 6) is -1.47. The standard InChI is InChI=1S/C17H22FNO4/c1-12(13-2-4-14(18)5-3-13)10-15(20)19-11-17(16(21)22)6-8-23-9-7-17/h2-5,12H,6-11H2,1H3,(H,19,20)(H,21,22). The van der Waals surface area contributed by atoms with Gasteiger partial charge in [0.15, 0.2) is 0 Å². The number of rotatable bonds is 6. The minimum atomic E-state index is -0.937. The number of aliphatic carboxylic acids is 1. The van der Waals surface area contributed by atoms with Crippen LogP contribution in [0.5, 0.6) is 0 Å². The number of carbonyl (C=O) groups excluding carboxylic acids is 1. The van der Waals surface area contributed by atoms with E-state index in [9.17, 15) is 19.1 Å². The van der Waals surface area contributed by atoms with Crippen molar-refractivity contribution in [1.82, 2.24) is 5.32 Å². The smallest absolute Gasteiger partial charge is 0.311 e. The molecule has 2 rings (SSSR count). The van der Waals surface area contributed by atoms with Gasteiger partial charge >= 0.3 is 5.97 Å². The van der Waals surface area contributed by atoms with Gasteiger partial charge in [-0.05, 0) is 36.5 Å². The number of hydrogen-bond acceptors (Lipinski definition) is 3. The number of amides is 1. The molecule has 0 aromatic heterocycles. The van der Waals surface area contributed by atoms with E-state index in [0.717, 1.165) is 5.56 Å². The highest BCUT2D eigenvalue weighted by Crippen LogP contribution is 2.30. The van der Waals surface area contributed by atoms with Gasteiger partial charge in [-0.1, -0.05) is 19.1 Å². The molecule has 0 bridgehead atoms. The second kappa shape index (κ2) is 7.55. The summed E-state index contributed by atoms with van der Waals surface area (Å²) in [6.07, 6.45) is 1.03. The highest BCUT2D eigenvalue weighted by Gasteiger charge is 2.40. The third-order valence-electron chi connectivity index (χ3n) is 4.46. The molecule has 1 heterocycles. The summed E-state index contributed by atoms with van der Waals surface area (Å²) in [5, 5.41) is 12.2. The molecule has 2 N–H and O–H groups in total. The Labute approximate surface area is 134 Å². The van der Waals surface area contributed by atoms with Gasteiger partial charge in [0.25, 0.3) is 0 Å². The number of nitrogens with one attached hydrogen (secondary N) is 1. The highest BCUT2D eigenvalue weighted by molar-refractivity contribution is 5.79. The van der Waals surface area contributed by atoms with Crippen LogP contribution < -0.4 is 5.32 Å². The van der Waals surface area contributed by atoms with Crippen LogP contribution in [0.3, 0.4) is 0 Å². The quantitative estimate of drug-likeness (QED) is 0.842. The van der Waals surface area contributed by atoms with E-state index in [0.29, 0.717) is 26.1 Å². The second-order valence-corrected chi connectivity index (χ2v) is 6.13. The molecular weight excluding hydrogens is 301 g/mol. The Morgan fingerprint density at radius 1 is 1.30 bits per heavy atom. The van der Waals surface area contributed by atoms with Crippen LogP contribution in [-0.4, -0.2) is 36.7 Å². The average Bonchev–Trinajstić information content (AvgIpc) is 2.54. The topological polar surface area (TPSA) is 75.6 Å². The largest absolute Gasteiger partial charge is 0.481 e. The Bertz CT molecular complexity index is 552. The van der Waals surface area contributed by atoms with Crippen molar-refractivity contribution in [3.63, 3.8) is 0 Å². The van der Waals surface area contributed by atoms with Crippen LogP contribution in [0, 0.1) is 11.2 Å². The molecule has 1 aromatic rings. The molecular formula is C17H22FNO4. The van der Waals surface area contributed by atoms with Gasteiger partial charge in [-0.2, -0.15) is 0 Å². The Morgan fingerprint density at radius 2 is 1.91 bits per heavy atom. The van der Waals surface area contributed by atoms with E-state index < -0.39 is 11.4 Å². The van der Waals surface area contributed by atoms with E-state index >= 15 is 0 Å². The van der Waals surface area contributed by atoms with Crippen LogP contribution in [0.2, 0.25) is 0 Å². The zero-order valence-electron chi connectivity index (χ0n) is 13.2. The number of carboxylic acids is 1. The minimum Gasteiger partial charge on any atom is -0.481 e. The Balaban J connectivity index is 1.88. The van der Waals surface area contributed by atoms with E-state index in [1.807, 2.05) is 6.92 Å². The van der Waals surface area contributed by atoms with Crippen molar-refractivity contribution in [1.29, 1.82) is 0 Å². The van der Waals surface area contributed by atoms with Crippen molar-refractivity contribution in [3.05, 3.63) is 35.6 Å². The third kappa shape index (κ3) is 4.51. The highest BCUT2D eigenvalue weighted by atomic mass is 19.1. The molecule has 1 aliphatic heterocycles. The molecule has 1 saturated heterocycles. The van der Waals surface area contributed by atoms with Gasteiger partial charge in [0.05, 0.1) is 5.41 Å². The monoisotopic (exact) mass is 323 g/mol. The number of benzene rings is 1. The summed E-state index contributed by atoms with van der Waals surface area (Å²) in [7, 11) is 0. The Kier molecular flexibility index (Phi) is 5.71. The van der Waals surface area contributed by atoms with Crippen LogP contribution in [0.15, 0.2) is 24.3 Å². The maximum absolute atomic E-state index is 12.9. The van der Waals surface area contributed by atoms with Gasteiger partial charge in [0.1, 0.15) is 5.82 Å². The molecule has 1 unspecified atom stereocenters. The molecule has 1 amide bonds. The second-order valence-electron chi connectivity index (χ2n) is 6.13. The average molecular weight is 323 g/mol. The molecule has 5 nitrogen and oxygen atoms in total. The van der Waals surface area contributed by atoms with Crippen molar-refractivity contribution in [2.75, 3.05) is 19.8 Å². The van der Waals surface area contributed by atoms with Crippen LogP contribution in [0.1, 0.15) is 37.7 Å². The van der Waals surface area contributed by atoms with Gasteiger partial charge in [-0.15, -0.1) is 0 Å². The van der Waals surface area contributed by atoms with E-state index in [2.05, 4.69) is 5.32 Å². The predicted molar refractivity (Wildman–Crippen MR) is 82.6 cm³/mol.